The minimum atomic E-state index is -3.52. The number of hydrogen-bond donors (Lipinski definition) is 1. The Morgan fingerprint density at radius 1 is 1.15 bits per heavy atom. The molecule has 0 radical (unpaired) electrons. The molecule has 0 fully saturated rings. The van der Waals surface area contributed by atoms with Crippen LogP contribution in [0.4, 0.5) is 0 Å². The maximum atomic E-state index is 13.6. The Bertz CT molecular complexity index is 987. The largest absolute Gasteiger partial charge is 0.310 e. The van der Waals surface area contributed by atoms with Crippen LogP contribution >= 0.6 is 0 Å². The minimum absolute atomic E-state index is 0.0221. The molecule has 4 heteroatoms. The zero-order valence-electron chi connectivity index (χ0n) is 14.9. The van der Waals surface area contributed by atoms with Crippen molar-refractivity contribution in [2.75, 3.05) is 6.54 Å². The van der Waals surface area contributed by atoms with E-state index in [4.69, 9.17) is 0 Å². The van der Waals surface area contributed by atoms with Gasteiger partial charge in [-0.05, 0) is 60.7 Å². The fourth-order valence-corrected chi connectivity index (χ4v) is 6.18. The molecule has 3 nitrogen and oxygen atoms in total. The second-order valence-corrected chi connectivity index (χ2v) is 9.07. The van der Waals surface area contributed by atoms with E-state index >= 15 is 0 Å². The number of nitrogens with one attached hydrogen (secondary N) is 1. The van der Waals surface area contributed by atoms with E-state index in [0.29, 0.717) is 4.90 Å². The molecule has 0 saturated carbocycles. The molecule has 1 aliphatic carbocycles. The third kappa shape index (κ3) is 2.65. The normalized spacial score (nSPS) is 22.0. The van der Waals surface area contributed by atoms with Gasteiger partial charge in [-0.15, -0.1) is 6.58 Å². The zero-order valence-corrected chi connectivity index (χ0v) is 15.7. The van der Waals surface area contributed by atoms with Gasteiger partial charge in [0.25, 0.3) is 0 Å². The van der Waals surface area contributed by atoms with Gasteiger partial charge in [0.1, 0.15) is 5.25 Å². The summed E-state index contributed by atoms with van der Waals surface area (Å²) >= 11 is 0. The van der Waals surface area contributed by atoms with Crippen LogP contribution in [0.25, 0.3) is 5.57 Å². The van der Waals surface area contributed by atoms with Crippen molar-refractivity contribution in [2.45, 2.75) is 36.0 Å². The molecule has 2 aromatic rings. The van der Waals surface area contributed by atoms with Crippen LogP contribution in [-0.2, 0) is 9.84 Å². The molecule has 0 aromatic heterocycles. The lowest BCUT2D eigenvalue weighted by molar-refractivity contribution is 0.541. The molecule has 4 rings (SSSR count). The molecular formula is C22H23NO2S. The van der Waals surface area contributed by atoms with Gasteiger partial charge in [-0.2, -0.15) is 0 Å². The van der Waals surface area contributed by atoms with Gasteiger partial charge in [-0.25, -0.2) is 8.42 Å². The van der Waals surface area contributed by atoms with E-state index < -0.39 is 15.1 Å². The summed E-state index contributed by atoms with van der Waals surface area (Å²) in [5.74, 6) is 0. The molecule has 1 aliphatic heterocycles. The maximum Gasteiger partial charge on any atom is 0.189 e. The molecular weight excluding hydrogens is 342 g/mol. The van der Waals surface area contributed by atoms with Crippen molar-refractivity contribution in [1.82, 2.24) is 5.32 Å². The molecule has 26 heavy (non-hydrogen) atoms. The van der Waals surface area contributed by atoms with Crippen molar-refractivity contribution >= 4 is 15.4 Å². The Labute approximate surface area is 155 Å². The van der Waals surface area contributed by atoms with Crippen LogP contribution in [0.2, 0.25) is 0 Å². The summed E-state index contributed by atoms with van der Waals surface area (Å²) in [5.41, 5.74) is 5.28. The highest BCUT2D eigenvalue weighted by Crippen LogP contribution is 2.50. The standard InChI is InChI=1S/C22H23NO2S/c1-3-6-20-21-18(13-14-23-20)17-7-4-5-8-19(17)22(21)26(24,25)16-11-9-15(2)10-12-16/h3-5,7-12,20,22-23H,1,6,13-14H2,2H3. The average molecular weight is 365 g/mol. The van der Waals surface area contributed by atoms with Crippen LogP contribution in [-0.4, -0.2) is 21.0 Å². The predicted octanol–water partition coefficient (Wildman–Crippen LogP) is 4.22. The zero-order chi connectivity index (χ0) is 18.3. The van der Waals surface area contributed by atoms with Crippen molar-refractivity contribution in [3.63, 3.8) is 0 Å². The monoisotopic (exact) mass is 365 g/mol. The third-order valence-corrected chi connectivity index (χ3v) is 7.46. The highest BCUT2D eigenvalue weighted by Gasteiger charge is 2.44. The van der Waals surface area contributed by atoms with Gasteiger partial charge < -0.3 is 5.32 Å². The number of sulfone groups is 1. The van der Waals surface area contributed by atoms with Crippen LogP contribution in [0.5, 0.6) is 0 Å². The first-order valence-electron chi connectivity index (χ1n) is 9.01. The van der Waals surface area contributed by atoms with Gasteiger partial charge in [-0.1, -0.05) is 48.0 Å². The van der Waals surface area contributed by atoms with Crippen LogP contribution < -0.4 is 5.32 Å². The lowest BCUT2D eigenvalue weighted by atomic mass is 9.93. The summed E-state index contributed by atoms with van der Waals surface area (Å²) < 4.78 is 27.3. The molecule has 134 valence electrons. The first-order valence-corrected chi connectivity index (χ1v) is 10.6. The second kappa shape index (κ2) is 6.53. The SMILES string of the molecule is C=CCC1NCCC2=C1C(S(=O)(=O)c1ccc(C)cc1)c1ccccc12. The number of aryl methyl sites for hydroxylation is 1. The van der Waals surface area contributed by atoms with Crippen LogP contribution in [0.1, 0.15) is 34.8 Å². The predicted molar refractivity (Wildman–Crippen MR) is 106 cm³/mol. The van der Waals surface area contributed by atoms with E-state index in [0.717, 1.165) is 41.6 Å². The molecule has 1 heterocycles. The quantitative estimate of drug-likeness (QED) is 0.826. The average Bonchev–Trinajstić information content (AvgIpc) is 2.99. The third-order valence-electron chi connectivity index (χ3n) is 5.40. The van der Waals surface area contributed by atoms with E-state index in [-0.39, 0.29) is 6.04 Å². The summed E-state index contributed by atoms with van der Waals surface area (Å²) in [5, 5.41) is 2.88. The molecule has 2 aliphatic rings. The van der Waals surface area contributed by atoms with Gasteiger partial charge in [-0.3, -0.25) is 0 Å². The van der Waals surface area contributed by atoms with E-state index in [9.17, 15) is 8.42 Å². The van der Waals surface area contributed by atoms with Crippen molar-refractivity contribution < 1.29 is 8.42 Å². The Morgan fingerprint density at radius 2 is 1.88 bits per heavy atom. The Kier molecular flexibility index (Phi) is 4.33. The van der Waals surface area contributed by atoms with Gasteiger partial charge in [0.05, 0.1) is 4.90 Å². The maximum absolute atomic E-state index is 13.6. The van der Waals surface area contributed by atoms with E-state index in [1.165, 1.54) is 5.57 Å². The van der Waals surface area contributed by atoms with Crippen LogP contribution in [0.3, 0.4) is 0 Å². The molecule has 0 saturated heterocycles. The van der Waals surface area contributed by atoms with Gasteiger partial charge in [0, 0.05) is 6.04 Å². The minimum Gasteiger partial charge on any atom is -0.310 e. The van der Waals surface area contributed by atoms with E-state index in [1.54, 1.807) is 12.1 Å². The number of fused-ring (bicyclic) bond motifs is 2. The van der Waals surface area contributed by atoms with Gasteiger partial charge >= 0.3 is 0 Å². The fourth-order valence-electron chi connectivity index (χ4n) is 4.21. The molecule has 2 unspecified atom stereocenters. The molecule has 0 spiro atoms. The highest BCUT2D eigenvalue weighted by molar-refractivity contribution is 7.92. The lowest BCUT2D eigenvalue weighted by Crippen LogP contribution is -2.37. The van der Waals surface area contributed by atoms with Crippen molar-refractivity contribution in [3.05, 3.63) is 83.4 Å². The smallest absolute Gasteiger partial charge is 0.189 e. The summed E-state index contributed by atoms with van der Waals surface area (Å²) in [6.45, 7) is 6.69. The summed E-state index contributed by atoms with van der Waals surface area (Å²) in [4.78, 5) is 0.388. The van der Waals surface area contributed by atoms with Crippen molar-refractivity contribution in [1.29, 1.82) is 0 Å². The van der Waals surface area contributed by atoms with Crippen LogP contribution in [0.15, 0.2) is 71.7 Å². The second-order valence-electron chi connectivity index (χ2n) is 7.04. The van der Waals surface area contributed by atoms with Gasteiger partial charge in [0.2, 0.25) is 0 Å². The van der Waals surface area contributed by atoms with Crippen LogP contribution in [0, 0.1) is 6.92 Å². The molecule has 0 bridgehead atoms. The summed E-state index contributed by atoms with van der Waals surface area (Å²) in [7, 11) is -3.52. The molecule has 2 aromatic carbocycles. The Morgan fingerprint density at radius 3 is 2.62 bits per heavy atom. The van der Waals surface area contributed by atoms with Gasteiger partial charge in [0.15, 0.2) is 9.84 Å². The summed E-state index contributed by atoms with van der Waals surface area (Å²) in [6.07, 6.45) is 3.46. The lowest BCUT2D eigenvalue weighted by Gasteiger charge is -2.29. The van der Waals surface area contributed by atoms with E-state index in [1.807, 2.05) is 43.3 Å². The van der Waals surface area contributed by atoms with E-state index in [2.05, 4.69) is 18.0 Å². The first-order chi connectivity index (χ1) is 12.5. The summed E-state index contributed by atoms with van der Waals surface area (Å²) in [6, 6.07) is 15.2. The van der Waals surface area contributed by atoms with Crippen molar-refractivity contribution in [3.8, 4) is 0 Å². The highest BCUT2D eigenvalue weighted by atomic mass is 32.2. The molecule has 0 amide bonds. The number of benzene rings is 2. The van der Waals surface area contributed by atoms with Crippen molar-refractivity contribution in [2.24, 2.45) is 0 Å². The molecule has 1 N–H and O–H groups in total. The Balaban J connectivity index is 1.91. The first kappa shape index (κ1) is 17.3. The molecule has 2 atom stereocenters. The fraction of sp³-hybridized carbons (Fsp3) is 0.273. The number of rotatable bonds is 4. The topological polar surface area (TPSA) is 46.2 Å². The Hall–Kier alpha value is -2.17. The number of hydrogen-bond acceptors (Lipinski definition) is 3.